The molecule has 0 bridgehead atoms. The smallest absolute Gasteiger partial charge is 0.189 e. The van der Waals surface area contributed by atoms with Crippen LogP contribution in [0.2, 0.25) is 0 Å². The molecule has 0 spiro atoms. The maximum absolute atomic E-state index is 5.37. The van der Waals surface area contributed by atoms with Crippen LogP contribution in [0.4, 0.5) is 0 Å². The van der Waals surface area contributed by atoms with Crippen molar-refractivity contribution in [3.63, 3.8) is 0 Å². The molecule has 96 valence electrons. The zero-order chi connectivity index (χ0) is 13.2. The Morgan fingerprint density at radius 3 is 2.89 bits per heavy atom. The van der Waals surface area contributed by atoms with Crippen molar-refractivity contribution in [2.75, 3.05) is 13.4 Å². The fourth-order valence-electron chi connectivity index (χ4n) is 2.08. The van der Waals surface area contributed by atoms with Gasteiger partial charge >= 0.3 is 0 Å². The number of methoxy groups -OCH3 is 1. The average molecular weight is 271 g/mol. The lowest BCUT2D eigenvalue weighted by Gasteiger charge is -2.06. The number of ether oxygens (including phenoxy) is 1. The van der Waals surface area contributed by atoms with E-state index in [1.54, 1.807) is 13.3 Å². The monoisotopic (exact) mass is 271 g/mol. The van der Waals surface area contributed by atoms with Crippen molar-refractivity contribution in [1.29, 1.82) is 0 Å². The molecule has 0 aliphatic heterocycles. The summed E-state index contributed by atoms with van der Waals surface area (Å²) in [6.07, 6.45) is 5.75. The summed E-state index contributed by atoms with van der Waals surface area (Å²) in [7, 11) is 1.68. The summed E-state index contributed by atoms with van der Waals surface area (Å²) in [5.74, 6) is 1.73. The zero-order valence-corrected chi connectivity index (χ0v) is 11.5. The van der Waals surface area contributed by atoms with Gasteiger partial charge in [-0.3, -0.25) is 0 Å². The minimum Gasteiger partial charge on any atom is -0.496 e. The molecule has 0 saturated carbocycles. The third kappa shape index (κ3) is 2.06. The number of rotatable bonds is 3. The molecule has 3 rings (SSSR count). The highest BCUT2D eigenvalue weighted by atomic mass is 32.2. The molecule has 0 amide bonds. The van der Waals surface area contributed by atoms with E-state index in [2.05, 4.69) is 16.0 Å². The van der Waals surface area contributed by atoms with Crippen molar-refractivity contribution < 1.29 is 4.74 Å². The Bertz CT molecular complexity index is 724. The molecule has 0 N–H and O–H groups in total. The van der Waals surface area contributed by atoms with E-state index in [9.17, 15) is 0 Å². The van der Waals surface area contributed by atoms with Gasteiger partial charge in [-0.25, -0.2) is 9.97 Å². The highest BCUT2D eigenvalue weighted by molar-refractivity contribution is 7.98. The normalized spacial score (nSPS) is 10.8. The first-order chi connectivity index (χ1) is 9.33. The first kappa shape index (κ1) is 12.0. The predicted octanol–water partition coefficient (Wildman–Crippen LogP) is 3.15. The molecule has 2 heterocycles. The van der Waals surface area contributed by atoms with Crippen molar-refractivity contribution >= 4 is 22.7 Å². The highest BCUT2D eigenvalue weighted by Gasteiger charge is 2.08. The number of nitrogens with zero attached hydrogens (tertiary/aromatic N) is 3. The summed E-state index contributed by atoms with van der Waals surface area (Å²) in [5.41, 5.74) is 1.07. The van der Waals surface area contributed by atoms with Gasteiger partial charge in [-0.1, -0.05) is 17.8 Å². The van der Waals surface area contributed by atoms with Gasteiger partial charge in [0.15, 0.2) is 5.16 Å². The SMILES string of the molecule is COc1cccc2c1ccn2-c1ccnc(SC)n1. The van der Waals surface area contributed by atoms with Crippen molar-refractivity contribution in [1.82, 2.24) is 14.5 Å². The van der Waals surface area contributed by atoms with Crippen LogP contribution in [-0.4, -0.2) is 27.9 Å². The number of hydrogen-bond donors (Lipinski definition) is 0. The number of aromatic nitrogens is 3. The molecule has 4 nitrogen and oxygen atoms in total. The van der Waals surface area contributed by atoms with Crippen LogP contribution in [0, 0.1) is 0 Å². The minimum atomic E-state index is 0.766. The van der Waals surface area contributed by atoms with Crippen LogP contribution >= 0.6 is 11.8 Å². The second kappa shape index (κ2) is 4.93. The van der Waals surface area contributed by atoms with Crippen LogP contribution in [-0.2, 0) is 0 Å². The summed E-state index contributed by atoms with van der Waals surface area (Å²) in [4.78, 5) is 8.71. The average Bonchev–Trinajstić information content (AvgIpc) is 2.91. The summed E-state index contributed by atoms with van der Waals surface area (Å²) in [5, 5.41) is 1.84. The maximum atomic E-state index is 5.37. The third-order valence-corrected chi connectivity index (χ3v) is 3.52. The van der Waals surface area contributed by atoms with Gasteiger partial charge in [-0.05, 0) is 30.5 Å². The highest BCUT2D eigenvalue weighted by Crippen LogP contribution is 2.28. The standard InChI is InChI=1S/C14H13N3OS/c1-18-12-5-3-4-11-10(12)7-9-17(11)13-6-8-15-14(16-13)19-2/h3-9H,1-2H3. The molecule has 0 atom stereocenters. The van der Waals surface area contributed by atoms with E-state index in [0.717, 1.165) is 27.6 Å². The molecule has 0 aliphatic carbocycles. The summed E-state index contributed by atoms with van der Waals surface area (Å²) >= 11 is 1.53. The largest absolute Gasteiger partial charge is 0.496 e. The van der Waals surface area contributed by atoms with Gasteiger partial charge in [0.25, 0.3) is 0 Å². The van der Waals surface area contributed by atoms with Gasteiger partial charge in [0, 0.05) is 17.8 Å². The van der Waals surface area contributed by atoms with Crippen LogP contribution in [0.15, 0.2) is 47.9 Å². The van der Waals surface area contributed by atoms with Crippen LogP contribution in [0.1, 0.15) is 0 Å². The van der Waals surface area contributed by atoms with E-state index in [1.807, 2.05) is 41.3 Å². The van der Waals surface area contributed by atoms with Gasteiger partial charge < -0.3 is 9.30 Å². The van der Waals surface area contributed by atoms with E-state index in [4.69, 9.17) is 4.74 Å². The molecule has 0 radical (unpaired) electrons. The number of benzene rings is 1. The fourth-order valence-corrected chi connectivity index (χ4v) is 2.43. The van der Waals surface area contributed by atoms with Crippen LogP contribution < -0.4 is 4.74 Å². The van der Waals surface area contributed by atoms with Crippen LogP contribution in [0.3, 0.4) is 0 Å². The molecule has 19 heavy (non-hydrogen) atoms. The van der Waals surface area contributed by atoms with Crippen molar-refractivity contribution in [3.05, 3.63) is 42.7 Å². The van der Waals surface area contributed by atoms with E-state index in [1.165, 1.54) is 11.8 Å². The van der Waals surface area contributed by atoms with E-state index in [-0.39, 0.29) is 0 Å². The van der Waals surface area contributed by atoms with Gasteiger partial charge in [0.1, 0.15) is 11.6 Å². The molecule has 0 fully saturated rings. The minimum absolute atomic E-state index is 0.766. The number of fused-ring (bicyclic) bond motifs is 1. The second-order valence-electron chi connectivity index (χ2n) is 3.98. The molecular formula is C14H13N3OS. The Morgan fingerprint density at radius 1 is 1.21 bits per heavy atom. The van der Waals surface area contributed by atoms with E-state index < -0.39 is 0 Å². The fraction of sp³-hybridized carbons (Fsp3) is 0.143. The van der Waals surface area contributed by atoms with Gasteiger partial charge in [-0.2, -0.15) is 0 Å². The van der Waals surface area contributed by atoms with Crippen LogP contribution in [0.5, 0.6) is 5.75 Å². The molecule has 0 aliphatic rings. The van der Waals surface area contributed by atoms with Crippen molar-refractivity contribution in [2.45, 2.75) is 5.16 Å². The Hall–Kier alpha value is -2.01. The molecule has 1 aromatic carbocycles. The molecule has 0 unspecified atom stereocenters. The maximum Gasteiger partial charge on any atom is 0.189 e. The van der Waals surface area contributed by atoms with Gasteiger partial charge in [0.2, 0.25) is 0 Å². The topological polar surface area (TPSA) is 39.9 Å². The Morgan fingerprint density at radius 2 is 2.11 bits per heavy atom. The Labute approximate surface area is 115 Å². The molecule has 3 aromatic rings. The summed E-state index contributed by atoms with van der Waals surface area (Å²) < 4.78 is 7.41. The molecule has 0 saturated heterocycles. The van der Waals surface area contributed by atoms with Crippen molar-refractivity contribution in [3.8, 4) is 11.6 Å². The summed E-state index contributed by atoms with van der Waals surface area (Å²) in [6.45, 7) is 0. The lowest BCUT2D eigenvalue weighted by molar-refractivity contribution is 0.420. The summed E-state index contributed by atoms with van der Waals surface area (Å²) in [6, 6.07) is 9.93. The van der Waals surface area contributed by atoms with E-state index in [0.29, 0.717) is 0 Å². The zero-order valence-electron chi connectivity index (χ0n) is 10.7. The van der Waals surface area contributed by atoms with Gasteiger partial charge in [0.05, 0.1) is 12.6 Å². The second-order valence-corrected chi connectivity index (χ2v) is 4.75. The van der Waals surface area contributed by atoms with E-state index >= 15 is 0 Å². The lowest BCUT2D eigenvalue weighted by atomic mass is 10.2. The molecule has 2 aromatic heterocycles. The Balaban J connectivity index is 2.20. The predicted molar refractivity (Wildman–Crippen MR) is 77.2 cm³/mol. The quantitative estimate of drug-likeness (QED) is 0.542. The lowest BCUT2D eigenvalue weighted by Crippen LogP contribution is -1.97. The third-order valence-electron chi connectivity index (χ3n) is 2.96. The molecule has 5 heteroatoms. The van der Waals surface area contributed by atoms with Crippen molar-refractivity contribution in [2.24, 2.45) is 0 Å². The number of thioether (sulfide) groups is 1. The van der Waals surface area contributed by atoms with Crippen LogP contribution in [0.25, 0.3) is 16.7 Å². The van der Waals surface area contributed by atoms with Gasteiger partial charge in [-0.15, -0.1) is 0 Å². The first-order valence-corrected chi connectivity index (χ1v) is 7.07. The number of hydrogen-bond acceptors (Lipinski definition) is 4. The Kier molecular flexibility index (Phi) is 3.13. The molecular weight excluding hydrogens is 258 g/mol. The first-order valence-electron chi connectivity index (χ1n) is 5.85.